The minimum Gasteiger partial charge on any atom is -0.381 e. The second kappa shape index (κ2) is 5.56. The van der Waals surface area contributed by atoms with Gasteiger partial charge in [-0.3, -0.25) is 4.79 Å². The van der Waals surface area contributed by atoms with E-state index in [1.165, 1.54) is 12.1 Å². The third-order valence-corrected chi connectivity index (χ3v) is 2.83. The average Bonchev–Trinajstić information content (AvgIpc) is 2.39. The molecule has 0 saturated carbocycles. The Hall–Kier alpha value is -1.63. The Balaban J connectivity index is 2.06. The first-order valence-electron chi connectivity index (χ1n) is 5.89. The Bertz CT molecular complexity index is 457. The molecule has 0 aromatic carbocycles. The molecule has 1 aliphatic rings. The highest BCUT2D eigenvalue weighted by atomic mass is 19.4. The van der Waals surface area contributed by atoms with Gasteiger partial charge in [0.1, 0.15) is 11.4 Å². The zero-order valence-corrected chi connectivity index (χ0v) is 10.0. The third-order valence-electron chi connectivity index (χ3n) is 2.83. The Morgan fingerprint density at radius 2 is 2.00 bits per heavy atom. The summed E-state index contributed by atoms with van der Waals surface area (Å²) in [5, 5.41) is 2.67. The molecule has 0 bridgehead atoms. The van der Waals surface area contributed by atoms with Gasteiger partial charge in [-0.05, 0) is 25.0 Å². The van der Waals surface area contributed by atoms with Gasteiger partial charge in [-0.1, -0.05) is 6.07 Å². The molecule has 0 atom stereocenters. The van der Waals surface area contributed by atoms with Crippen LogP contribution in [0.25, 0.3) is 0 Å². The van der Waals surface area contributed by atoms with Crippen LogP contribution in [-0.4, -0.2) is 30.1 Å². The number of amides is 1. The normalized spacial score (nSPS) is 17.2. The second-order valence-corrected chi connectivity index (χ2v) is 4.27. The van der Waals surface area contributed by atoms with Crippen molar-refractivity contribution in [2.24, 2.45) is 0 Å². The van der Waals surface area contributed by atoms with Gasteiger partial charge in [-0.2, -0.15) is 13.2 Å². The van der Waals surface area contributed by atoms with Crippen LogP contribution >= 0.6 is 0 Å². The number of nitrogens with one attached hydrogen (secondary N) is 1. The van der Waals surface area contributed by atoms with Crippen molar-refractivity contribution in [3.8, 4) is 0 Å². The summed E-state index contributed by atoms with van der Waals surface area (Å²) in [5.74, 6) is -0.585. The zero-order valence-electron chi connectivity index (χ0n) is 10.0. The molecule has 7 heteroatoms. The van der Waals surface area contributed by atoms with Crippen molar-refractivity contribution in [2.45, 2.75) is 25.1 Å². The largest absolute Gasteiger partial charge is 0.433 e. The van der Waals surface area contributed by atoms with Crippen LogP contribution < -0.4 is 5.32 Å². The van der Waals surface area contributed by atoms with Gasteiger partial charge >= 0.3 is 6.18 Å². The quantitative estimate of drug-likeness (QED) is 0.897. The molecule has 1 saturated heterocycles. The third kappa shape index (κ3) is 3.66. The number of aromatic nitrogens is 1. The van der Waals surface area contributed by atoms with Crippen molar-refractivity contribution in [3.63, 3.8) is 0 Å². The second-order valence-electron chi connectivity index (χ2n) is 4.27. The van der Waals surface area contributed by atoms with Gasteiger partial charge in [0.15, 0.2) is 0 Å². The highest BCUT2D eigenvalue weighted by molar-refractivity contribution is 5.92. The molecule has 2 heterocycles. The predicted octanol–water partition coefficient (Wildman–Crippen LogP) is 2.01. The molecular weight excluding hydrogens is 261 g/mol. The Kier molecular flexibility index (Phi) is 4.04. The maximum atomic E-state index is 12.5. The van der Waals surface area contributed by atoms with E-state index in [1.807, 2.05) is 0 Å². The lowest BCUT2D eigenvalue weighted by Crippen LogP contribution is -2.39. The smallest absolute Gasteiger partial charge is 0.381 e. The van der Waals surface area contributed by atoms with E-state index in [1.54, 1.807) is 0 Å². The summed E-state index contributed by atoms with van der Waals surface area (Å²) in [6.07, 6.45) is -3.23. The topological polar surface area (TPSA) is 51.2 Å². The van der Waals surface area contributed by atoms with E-state index in [4.69, 9.17) is 4.74 Å². The number of carbonyl (C=O) groups is 1. The first-order chi connectivity index (χ1) is 8.97. The molecule has 4 nitrogen and oxygen atoms in total. The molecule has 0 aliphatic carbocycles. The molecule has 2 rings (SSSR count). The van der Waals surface area contributed by atoms with Crippen LogP contribution in [0.15, 0.2) is 18.2 Å². The molecule has 104 valence electrons. The van der Waals surface area contributed by atoms with E-state index in [9.17, 15) is 18.0 Å². The lowest BCUT2D eigenvalue weighted by molar-refractivity contribution is -0.141. The van der Waals surface area contributed by atoms with Crippen LogP contribution in [0.2, 0.25) is 0 Å². The Morgan fingerprint density at radius 1 is 1.32 bits per heavy atom. The first kappa shape index (κ1) is 13.8. The highest BCUT2D eigenvalue weighted by Crippen LogP contribution is 2.27. The molecule has 0 unspecified atom stereocenters. The maximum Gasteiger partial charge on any atom is 0.433 e. The molecule has 1 aromatic heterocycles. The maximum absolute atomic E-state index is 12.5. The molecule has 0 spiro atoms. The van der Waals surface area contributed by atoms with Crippen LogP contribution in [0.5, 0.6) is 0 Å². The van der Waals surface area contributed by atoms with Crippen LogP contribution in [0.3, 0.4) is 0 Å². The van der Waals surface area contributed by atoms with E-state index in [0.717, 1.165) is 6.07 Å². The number of nitrogens with zero attached hydrogens (tertiary/aromatic N) is 1. The number of halogens is 3. The summed E-state index contributed by atoms with van der Waals surface area (Å²) in [6.45, 7) is 1.09. The van der Waals surface area contributed by atoms with Gasteiger partial charge in [0, 0.05) is 19.3 Å². The van der Waals surface area contributed by atoms with E-state index < -0.39 is 17.8 Å². The molecule has 1 N–H and O–H groups in total. The SMILES string of the molecule is O=C(NC1CCOCC1)c1cccc(C(F)(F)F)n1. The molecule has 0 radical (unpaired) electrons. The minimum atomic E-state index is -4.55. The summed E-state index contributed by atoms with van der Waals surface area (Å²) >= 11 is 0. The van der Waals surface area contributed by atoms with Crippen LogP contribution in [0.1, 0.15) is 29.0 Å². The van der Waals surface area contributed by atoms with Crippen molar-refractivity contribution in [1.82, 2.24) is 10.3 Å². The zero-order chi connectivity index (χ0) is 13.9. The molecule has 1 aromatic rings. The molecule has 1 fully saturated rings. The van der Waals surface area contributed by atoms with Crippen molar-refractivity contribution in [2.75, 3.05) is 13.2 Å². The van der Waals surface area contributed by atoms with Crippen LogP contribution in [0.4, 0.5) is 13.2 Å². The van der Waals surface area contributed by atoms with Crippen LogP contribution in [-0.2, 0) is 10.9 Å². The van der Waals surface area contributed by atoms with Gasteiger partial charge in [0.05, 0.1) is 0 Å². The number of pyridine rings is 1. The number of rotatable bonds is 2. The Morgan fingerprint density at radius 3 is 2.63 bits per heavy atom. The van der Waals surface area contributed by atoms with E-state index in [0.29, 0.717) is 26.1 Å². The standard InChI is InChI=1S/C12H13F3N2O2/c13-12(14,15)10-3-1-2-9(17-10)11(18)16-8-4-6-19-7-5-8/h1-3,8H,4-7H2,(H,16,18). The lowest BCUT2D eigenvalue weighted by Gasteiger charge is -2.22. The average molecular weight is 274 g/mol. The minimum absolute atomic E-state index is 0.0717. The number of carbonyl (C=O) groups excluding carboxylic acids is 1. The fraction of sp³-hybridized carbons (Fsp3) is 0.500. The Labute approximate surface area is 108 Å². The molecule has 1 amide bonds. The van der Waals surface area contributed by atoms with Crippen LogP contribution in [0, 0.1) is 0 Å². The number of ether oxygens (including phenoxy) is 1. The monoisotopic (exact) mass is 274 g/mol. The van der Waals surface area contributed by atoms with Gasteiger partial charge in [0.2, 0.25) is 0 Å². The molecular formula is C12H13F3N2O2. The van der Waals surface area contributed by atoms with Gasteiger partial charge in [0.25, 0.3) is 5.91 Å². The van der Waals surface area contributed by atoms with E-state index >= 15 is 0 Å². The number of hydrogen-bond donors (Lipinski definition) is 1. The van der Waals surface area contributed by atoms with Crippen molar-refractivity contribution in [3.05, 3.63) is 29.6 Å². The number of alkyl halides is 3. The fourth-order valence-electron chi connectivity index (χ4n) is 1.82. The summed E-state index contributed by atoms with van der Waals surface area (Å²) < 4.78 is 42.6. The highest BCUT2D eigenvalue weighted by Gasteiger charge is 2.33. The van der Waals surface area contributed by atoms with E-state index in [2.05, 4.69) is 10.3 Å². The first-order valence-corrected chi connectivity index (χ1v) is 5.89. The summed E-state index contributed by atoms with van der Waals surface area (Å²) in [7, 11) is 0. The molecule has 19 heavy (non-hydrogen) atoms. The summed E-state index contributed by atoms with van der Waals surface area (Å²) in [4.78, 5) is 15.2. The van der Waals surface area contributed by atoms with Crippen molar-refractivity contribution >= 4 is 5.91 Å². The predicted molar refractivity (Wildman–Crippen MR) is 60.5 cm³/mol. The van der Waals surface area contributed by atoms with Crippen molar-refractivity contribution < 1.29 is 22.7 Å². The summed E-state index contributed by atoms with van der Waals surface area (Å²) in [6, 6.07) is 3.21. The molecule has 1 aliphatic heterocycles. The van der Waals surface area contributed by atoms with Gasteiger partial charge in [-0.25, -0.2) is 4.98 Å². The van der Waals surface area contributed by atoms with E-state index in [-0.39, 0.29) is 11.7 Å². The van der Waals surface area contributed by atoms with Gasteiger partial charge < -0.3 is 10.1 Å². The van der Waals surface area contributed by atoms with Gasteiger partial charge in [-0.15, -0.1) is 0 Å². The lowest BCUT2D eigenvalue weighted by atomic mass is 10.1. The summed E-state index contributed by atoms with van der Waals surface area (Å²) in [5.41, 5.74) is -1.28. The number of hydrogen-bond acceptors (Lipinski definition) is 3. The van der Waals surface area contributed by atoms with Crippen molar-refractivity contribution in [1.29, 1.82) is 0 Å². The fourth-order valence-corrected chi connectivity index (χ4v) is 1.82.